The molecule has 0 saturated carbocycles. The number of aromatic nitrogens is 2. The quantitative estimate of drug-likeness (QED) is 0.892. The second-order valence-electron chi connectivity index (χ2n) is 6.15. The van der Waals surface area contributed by atoms with Gasteiger partial charge in [0.2, 0.25) is 5.95 Å². The first kappa shape index (κ1) is 16.2. The first-order chi connectivity index (χ1) is 11.5. The van der Waals surface area contributed by atoms with Crippen molar-refractivity contribution in [2.24, 2.45) is 5.41 Å². The van der Waals surface area contributed by atoms with Gasteiger partial charge < -0.3 is 15.7 Å². The second-order valence-corrected chi connectivity index (χ2v) is 6.15. The van der Waals surface area contributed by atoms with Gasteiger partial charge in [0.1, 0.15) is 11.6 Å². The molecule has 7 heteroatoms. The van der Waals surface area contributed by atoms with E-state index in [2.05, 4.69) is 9.97 Å². The van der Waals surface area contributed by atoms with Crippen LogP contribution in [0.15, 0.2) is 36.5 Å². The molecule has 3 rings (SSSR count). The molecule has 2 heterocycles. The van der Waals surface area contributed by atoms with Crippen molar-refractivity contribution in [2.45, 2.75) is 19.3 Å². The van der Waals surface area contributed by atoms with Crippen LogP contribution in [0.25, 0.3) is 0 Å². The highest BCUT2D eigenvalue weighted by atomic mass is 19.1. The summed E-state index contributed by atoms with van der Waals surface area (Å²) in [7, 11) is 0. The number of anilines is 2. The maximum Gasteiger partial charge on any atom is 0.311 e. The molecule has 0 aliphatic carbocycles. The number of carboxylic acids is 1. The number of hydrogen-bond acceptors (Lipinski definition) is 5. The molecule has 1 aromatic heterocycles. The van der Waals surface area contributed by atoms with E-state index in [-0.39, 0.29) is 24.7 Å². The Labute approximate surface area is 139 Å². The number of halogens is 1. The van der Waals surface area contributed by atoms with Crippen molar-refractivity contribution in [3.63, 3.8) is 0 Å². The number of aliphatic carboxylic acids is 1. The lowest BCUT2D eigenvalue weighted by Crippen LogP contribution is -2.49. The number of carbonyl (C=O) groups is 1. The molecule has 1 aliphatic heterocycles. The molecular formula is C17H19FN4O2. The van der Waals surface area contributed by atoms with E-state index in [0.717, 1.165) is 0 Å². The Balaban J connectivity index is 1.90. The summed E-state index contributed by atoms with van der Waals surface area (Å²) in [5.41, 5.74) is 4.99. The molecule has 1 aromatic carbocycles. The lowest BCUT2D eigenvalue weighted by molar-refractivity contribution is -0.149. The summed E-state index contributed by atoms with van der Waals surface area (Å²) in [6, 6.07) is 8.03. The smallest absolute Gasteiger partial charge is 0.311 e. The molecule has 2 aromatic rings. The van der Waals surface area contributed by atoms with E-state index < -0.39 is 11.4 Å². The van der Waals surface area contributed by atoms with E-state index in [1.165, 1.54) is 6.07 Å². The molecule has 1 aliphatic rings. The largest absolute Gasteiger partial charge is 0.481 e. The van der Waals surface area contributed by atoms with Crippen molar-refractivity contribution >= 4 is 17.7 Å². The Kier molecular flexibility index (Phi) is 4.33. The number of hydrogen-bond donors (Lipinski definition) is 2. The third kappa shape index (κ3) is 3.15. The van der Waals surface area contributed by atoms with Gasteiger partial charge in [-0.3, -0.25) is 4.79 Å². The molecule has 126 valence electrons. The van der Waals surface area contributed by atoms with Crippen LogP contribution in [-0.4, -0.2) is 34.1 Å². The summed E-state index contributed by atoms with van der Waals surface area (Å²) in [4.78, 5) is 21.9. The number of carboxylic acid groups (broad SMARTS) is 1. The van der Waals surface area contributed by atoms with E-state index in [1.807, 2.05) is 4.90 Å². The monoisotopic (exact) mass is 330 g/mol. The van der Waals surface area contributed by atoms with Crippen LogP contribution in [0.3, 0.4) is 0 Å². The fourth-order valence-corrected chi connectivity index (χ4v) is 3.27. The van der Waals surface area contributed by atoms with Gasteiger partial charge in [0, 0.05) is 19.3 Å². The highest BCUT2D eigenvalue weighted by Crippen LogP contribution is 2.36. The van der Waals surface area contributed by atoms with Crippen LogP contribution in [0.1, 0.15) is 18.4 Å². The van der Waals surface area contributed by atoms with Crippen LogP contribution in [0, 0.1) is 11.2 Å². The summed E-state index contributed by atoms with van der Waals surface area (Å²) < 4.78 is 14.0. The zero-order chi connectivity index (χ0) is 17.2. The zero-order valence-corrected chi connectivity index (χ0v) is 13.2. The minimum absolute atomic E-state index is 0.145. The van der Waals surface area contributed by atoms with Crippen LogP contribution >= 0.6 is 0 Å². The molecule has 0 spiro atoms. The van der Waals surface area contributed by atoms with Gasteiger partial charge in [-0.1, -0.05) is 18.2 Å². The molecular weight excluding hydrogens is 311 g/mol. The second kappa shape index (κ2) is 6.43. The average Bonchev–Trinajstić information content (AvgIpc) is 2.57. The van der Waals surface area contributed by atoms with Gasteiger partial charge in [0.05, 0.1) is 5.41 Å². The normalized spacial score (nSPS) is 20.8. The van der Waals surface area contributed by atoms with E-state index in [0.29, 0.717) is 30.8 Å². The summed E-state index contributed by atoms with van der Waals surface area (Å²) >= 11 is 0. The Bertz CT molecular complexity index is 755. The Morgan fingerprint density at radius 3 is 2.88 bits per heavy atom. The van der Waals surface area contributed by atoms with Crippen LogP contribution in [0.2, 0.25) is 0 Å². The standard InChI is InChI=1S/C17H19FN4O2/c18-13-5-2-1-4-12(13)10-17(15(23)24)7-3-9-22(11-17)14-6-8-20-16(19)21-14/h1-2,4-6,8H,3,7,9-11H2,(H,23,24)(H2,19,20,21). The predicted molar refractivity (Wildman–Crippen MR) is 88.1 cm³/mol. The molecule has 24 heavy (non-hydrogen) atoms. The lowest BCUT2D eigenvalue weighted by atomic mass is 9.75. The summed E-state index contributed by atoms with van der Waals surface area (Å²) in [5.74, 6) is -0.548. The third-order valence-corrected chi connectivity index (χ3v) is 4.50. The topological polar surface area (TPSA) is 92.3 Å². The molecule has 0 amide bonds. The molecule has 1 atom stereocenters. The Hall–Kier alpha value is -2.70. The van der Waals surface area contributed by atoms with Crippen LogP contribution in [0.5, 0.6) is 0 Å². The molecule has 1 fully saturated rings. The molecule has 1 saturated heterocycles. The third-order valence-electron chi connectivity index (χ3n) is 4.50. The number of piperidine rings is 1. The van der Waals surface area contributed by atoms with Crippen molar-refractivity contribution in [1.82, 2.24) is 9.97 Å². The van der Waals surface area contributed by atoms with Gasteiger partial charge in [0.15, 0.2) is 0 Å². The van der Waals surface area contributed by atoms with E-state index in [1.54, 1.807) is 30.5 Å². The maximum atomic E-state index is 14.0. The van der Waals surface area contributed by atoms with Crippen molar-refractivity contribution in [3.8, 4) is 0 Å². The van der Waals surface area contributed by atoms with Gasteiger partial charge in [0.25, 0.3) is 0 Å². The minimum Gasteiger partial charge on any atom is -0.481 e. The Morgan fingerprint density at radius 2 is 2.17 bits per heavy atom. The first-order valence-electron chi connectivity index (χ1n) is 7.80. The highest BCUT2D eigenvalue weighted by Gasteiger charge is 2.43. The summed E-state index contributed by atoms with van der Waals surface area (Å²) in [5, 5.41) is 9.85. The fourth-order valence-electron chi connectivity index (χ4n) is 3.27. The number of nitrogens with zero attached hydrogens (tertiary/aromatic N) is 3. The molecule has 1 unspecified atom stereocenters. The van der Waals surface area contributed by atoms with E-state index >= 15 is 0 Å². The van der Waals surface area contributed by atoms with Crippen LogP contribution in [0.4, 0.5) is 16.2 Å². The molecule has 0 bridgehead atoms. The van der Waals surface area contributed by atoms with Crippen LogP contribution in [-0.2, 0) is 11.2 Å². The van der Waals surface area contributed by atoms with Gasteiger partial charge in [-0.15, -0.1) is 0 Å². The molecule has 3 N–H and O–H groups in total. The number of nitrogen functional groups attached to an aromatic ring is 1. The van der Waals surface area contributed by atoms with Crippen molar-refractivity contribution in [2.75, 3.05) is 23.7 Å². The number of nitrogens with two attached hydrogens (primary N) is 1. The summed E-state index contributed by atoms with van der Waals surface area (Å²) in [6.07, 6.45) is 2.87. The Morgan fingerprint density at radius 1 is 1.38 bits per heavy atom. The predicted octanol–water partition coefficient (Wildman–Crippen LogP) is 2.11. The van der Waals surface area contributed by atoms with Crippen molar-refractivity contribution in [1.29, 1.82) is 0 Å². The minimum atomic E-state index is -1.06. The van der Waals surface area contributed by atoms with Gasteiger partial charge in [-0.2, -0.15) is 4.98 Å². The van der Waals surface area contributed by atoms with Gasteiger partial charge in [-0.25, -0.2) is 9.37 Å². The lowest BCUT2D eigenvalue weighted by Gasteiger charge is -2.40. The van der Waals surface area contributed by atoms with E-state index in [4.69, 9.17) is 5.73 Å². The first-order valence-corrected chi connectivity index (χ1v) is 7.80. The molecule has 6 nitrogen and oxygen atoms in total. The average molecular weight is 330 g/mol. The van der Waals surface area contributed by atoms with Crippen LogP contribution < -0.4 is 10.6 Å². The van der Waals surface area contributed by atoms with Gasteiger partial charge in [-0.05, 0) is 37.0 Å². The number of benzene rings is 1. The zero-order valence-electron chi connectivity index (χ0n) is 13.2. The highest BCUT2D eigenvalue weighted by molar-refractivity contribution is 5.76. The summed E-state index contributed by atoms with van der Waals surface area (Å²) in [6.45, 7) is 0.940. The fraction of sp³-hybridized carbons (Fsp3) is 0.353. The molecule has 0 radical (unpaired) electrons. The van der Waals surface area contributed by atoms with Gasteiger partial charge >= 0.3 is 5.97 Å². The van der Waals surface area contributed by atoms with Crippen molar-refractivity contribution < 1.29 is 14.3 Å². The van der Waals surface area contributed by atoms with E-state index in [9.17, 15) is 14.3 Å². The number of rotatable bonds is 4. The maximum absolute atomic E-state index is 14.0. The SMILES string of the molecule is Nc1nccc(N2CCCC(Cc3ccccc3F)(C(=O)O)C2)n1. The van der Waals surface area contributed by atoms with Crippen molar-refractivity contribution in [3.05, 3.63) is 47.9 Å².